The van der Waals surface area contributed by atoms with Crippen molar-refractivity contribution in [1.29, 1.82) is 0 Å². The van der Waals surface area contributed by atoms with E-state index in [1.54, 1.807) is 0 Å². The van der Waals surface area contributed by atoms with Crippen LogP contribution < -0.4 is 4.74 Å². The van der Waals surface area contributed by atoms with E-state index >= 15 is 0 Å². The third-order valence-electron chi connectivity index (χ3n) is 3.58. The highest BCUT2D eigenvalue weighted by atomic mass is 16.5. The van der Waals surface area contributed by atoms with Crippen LogP contribution in [0.2, 0.25) is 0 Å². The molecule has 3 rings (SSSR count). The quantitative estimate of drug-likeness (QED) is 0.744. The van der Waals surface area contributed by atoms with Crippen LogP contribution in [0, 0.1) is 0 Å². The number of benzene rings is 1. The van der Waals surface area contributed by atoms with Crippen molar-refractivity contribution in [2.24, 2.45) is 0 Å². The molecule has 3 nitrogen and oxygen atoms in total. The number of hydrogen-bond acceptors (Lipinski definition) is 3. The van der Waals surface area contributed by atoms with Gasteiger partial charge in [0, 0.05) is 12.0 Å². The van der Waals surface area contributed by atoms with Gasteiger partial charge in [-0.25, -0.2) is 0 Å². The lowest BCUT2D eigenvalue weighted by Crippen LogP contribution is -2.26. The summed E-state index contributed by atoms with van der Waals surface area (Å²) in [4.78, 5) is 14.4. The Morgan fingerprint density at radius 3 is 2.94 bits per heavy atom. The SMILES string of the molecule is O=C(CN1CCCC1)c1ccc2c(c1)CCO2. The van der Waals surface area contributed by atoms with E-state index in [4.69, 9.17) is 4.74 Å². The fraction of sp³-hybridized carbons (Fsp3) is 0.500. The van der Waals surface area contributed by atoms with Crippen molar-refractivity contribution in [3.8, 4) is 5.75 Å². The maximum Gasteiger partial charge on any atom is 0.176 e. The van der Waals surface area contributed by atoms with E-state index in [-0.39, 0.29) is 5.78 Å². The number of likely N-dealkylation sites (tertiary alicyclic amines) is 1. The lowest BCUT2D eigenvalue weighted by atomic mass is 10.1. The Morgan fingerprint density at radius 2 is 2.12 bits per heavy atom. The molecule has 0 atom stereocenters. The molecule has 0 aliphatic carbocycles. The lowest BCUT2D eigenvalue weighted by Gasteiger charge is -2.13. The van der Waals surface area contributed by atoms with Crippen molar-refractivity contribution >= 4 is 5.78 Å². The van der Waals surface area contributed by atoms with Gasteiger partial charge < -0.3 is 4.74 Å². The summed E-state index contributed by atoms with van der Waals surface area (Å²) in [7, 11) is 0. The second-order valence-electron chi connectivity index (χ2n) is 4.83. The lowest BCUT2D eigenvalue weighted by molar-refractivity contribution is 0.0945. The third-order valence-corrected chi connectivity index (χ3v) is 3.58. The smallest absolute Gasteiger partial charge is 0.176 e. The molecule has 0 N–H and O–H groups in total. The molecule has 1 saturated heterocycles. The van der Waals surface area contributed by atoms with Crippen LogP contribution in [0.3, 0.4) is 0 Å². The maximum absolute atomic E-state index is 12.1. The van der Waals surface area contributed by atoms with E-state index < -0.39 is 0 Å². The number of hydrogen-bond donors (Lipinski definition) is 0. The molecule has 0 saturated carbocycles. The van der Waals surface area contributed by atoms with Crippen molar-refractivity contribution in [2.45, 2.75) is 19.3 Å². The fourth-order valence-corrected chi connectivity index (χ4v) is 2.60. The monoisotopic (exact) mass is 231 g/mol. The highest BCUT2D eigenvalue weighted by molar-refractivity contribution is 5.98. The van der Waals surface area contributed by atoms with Crippen molar-refractivity contribution in [3.05, 3.63) is 29.3 Å². The van der Waals surface area contributed by atoms with Gasteiger partial charge in [0.1, 0.15) is 5.75 Å². The minimum atomic E-state index is 0.238. The Morgan fingerprint density at radius 1 is 1.29 bits per heavy atom. The summed E-state index contributed by atoms with van der Waals surface area (Å²) in [5.74, 6) is 1.18. The number of rotatable bonds is 3. The number of carbonyl (C=O) groups excluding carboxylic acids is 1. The average molecular weight is 231 g/mol. The topological polar surface area (TPSA) is 29.5 Å². The first kappa shape index (κ1) is 10.8. The van der Waals surface area contributed by atoms with Gasteiger partial charge in [-0.15, -0.1) is 0 Å². The van der Waals surface area contributed by atoms with Gasteiger partial charge in [-0.3, -0.25) is 9.69 Å². The van der Waals surface area contributed by atoms with Crippen LogP contribution in [0.25, 0.3) is 0 Å². The number of ether oxygens (including phenoxy) is 1. The Balaban J connectivity index is 1.72. The van der Waals surface area contributed by atoms with Crippen LogP contribution in [0.4, 0.5) is 0 Å². The molecule has 0 bridgehead atoms. The number of fused-ring (bicyclic) bond motifs is 1. The molecule has 0 spiro atoms. The summed E-state index contributed by atoms with van der Waals surface area (Å²) < 4.78 is 5.44. The van der Waals surface area contributed by atoms with E-state index in [1.165, 1.54) is 18.4 Å². The predicted octanol–water partition coefficient (Wildman–Crippen LogP) is 1.90. The normalized spacial score (nSPS) is 19.1. The minimum Gasteiger partial charge on any atom is -0.493 e. The highest BCUT2D eigenvalue weighted by Crippen LogP contribution is 2.26. The predicted molar refractivity (Wildman–Crippen MR) is 65.6 cm³/mol. The van der Waals surface area contributed by atoms with Crippen LogP contribution >= 0.6 is 0 Å². The van der Waals surface area contributed by atoms with Gasteiger partial charge in [-0.05, 0) is 49.7 Å². The summed E-state index contributed by atoms with van der Waals surface area (Å²) in [6.45, 7) is 3.46. The Kier molecular flexibility index (Phi) is 2.85. The third kappa shape index (κ3) is 2.20. The van der Waals surface area contributed by atoms with Gasteiger partial charge in [-0.2, -0.15) is 0 Å². The first-order chi connectivity index (χ1) is 8.33. The van der Waals surface area contributed by atoms with E-state index in [9.17, 15) is 4.79 Å². The van der Waals surface area contributed by atoms with Gasteiger partial charge in [0.2, 0.25) is 0 Å². The summed E-state index contributed by atoms with van der Waals surface area (Å²) in [6.07, 6.45) is 3.39. The molecular weight excluding hydrogens is 214 g/mol. The zero-order valence-corrected chi connectivity index (χ0v) is 9.95. The summed E-state index contributed by atoms with van der Waals surface area (Å²) >= 11 is 0. The molecule has 2 aliphatic heterocycles. The first-order valence-corrected chi connectivity index (χ1v) is 6.34. The second kappa shape index (κ2) is 4.49. The Bertz CT molecular complexity index is 436. The fourth-order valence-electron chi connectivity index (χ4n) is 2.60. The molecule has 1 fully saturated rings. The molecule has 2 aliphatic rings. The van der Waals surface area contributed by atoms with E-state index in [0.717, 1.165) is 37.4 Å². The number of ketones is 1. The molecule has 0 amide bonds. The van der Waals surface area contributed by atoms with Gasteiger partial charge >= 0.3 is 0 Å². The largest absolute Gasteiger partial charge is 0.493 e. The Hall–Kier alpha value is -1.35. The Labute approximate surface area is 101 Å². The van der Waals surface area contributed by atoms with E-state index in [1.807, 2.05) is 18.2 Å². The van der Waals surface area contributed by atoms with Gasteiger partial charge in [0.05, 0.1) is 13.2 Å². The maximum atomic E-state index is 12.1. The van der Waals surface area contributed by atoms with Crippen LogP contribution in [-0.4, -0.2) is 36.9 Å². The zero-order chi connectivity index (χ0) is 11.7. The van der Waals surface area contributed by atoms with Gasteiger partial charge in [0.25, 0.3) is 0 Å². The molecule has 17 heavy (non-hydrogen) atoms. The molecule has 0 aromatic heterocycles. The highest BCUT2D eigenvalue weighted by Gasteiger charge is 2.18. The van der Waals surface area contributed by atoms with Crippen LogP contribution in [0.1, 0.15) is 28.8 Å². The molecular formula is C14H17NO2. The molecule has 0 unspecified atom stereocenters. The molecule has 2 heterocycles. The van der Waals surface area contributed by atoms with Crippen LogP contribution in [0.5, 0.6) is 5.75 Å². The molecule has 0 radical (unpaired) electrons. The summed E-state index contributed by atoms with van der Waals surface area (Å²) in [6, 6.07) is 5.82. The average Bonchev–Trinajstić information content (AvgIpc) is 2.97. The van der Waals surface area contributed by atoms with Crippen molar-refractivity contribution < 1.29 is 9.53 Å². The first-order valence-electron chi connectivity index (χ1n) is 6.34. The number of carbonyl (C=O) groups is 1. The minimum absolute atomic E-state index is 0.238. The van der Waals surface area contributed by atoms with Gasteiger partial charge in [-0.1, -0.05) is 0 Å². The zero-order valence-electron chi connectivity index (χ0n) is 9.95. The van der Waals surface area contributed by atoms with Crippen molar-refractivity contribution in [1.82, 2.24) is 4.90 Å². The van der Waals surface area contributed by atoms with Crippen LogP contribution in [-0.2, 0) is 6.42 Å². The van der Waals surface area contributed by atoms with Crippen LogP contribution in [0.15, 0.2) is 18.2 Å². The molecule has 3 heteroatoms. The molecule has 1 aromatic carbocycles. The van der Waals surface area contributed by atoms with E-state index in [0.29, 0.717) is 6.54 Å². The van der Waals surface area contributed by atoms with E-state index in [2.05, 4.69) is 4.90 Å². The van der Waals surface area contributed by atoms with Gasteiger partial charge in [0.15, 0.2) is 5.78 Å². The molecule has 1 aromatic rings. The number of nitrogens with zero attached hydrogens (tertiary/aromatic N) is 1. The number of Topliss-reactive ketones (excluding diaryl/α,β-unsaturated/α-hetero) is 1. The second-order valence-corrected chi connectivity index (χ2v) is 4.83. The summed E-state index contributed by atoms with van der Waals surface area (Å²) in [5, 5.41) is 0. The van der Waals surface area contributed by atoms with Crippen molar-refractivity contribution in [2.75, 3.05) is 26.2 Å². The van der Waals surface area contributed by atoms with Crippen molar-refractivity contribution in [3.63, 3.8) is 0 Å². The molecule has 90 valence electrons. The summed E-state index contributed by atoms with van der Waals surface area (Å²) in [5.41, 5.74) is 2.01. The standard InChI is InChI=1S/C14H17NO2/c16-13(10-15-6-1-2-7-15)11-3-4-14-12(9-11)5-8-17-14/h3-4,9H,1-2,5-8,10H2.